The number of hydrogen-bond donors (Lipinski definition) is 2. The first-order valence-electron chi connectivity index (χ1n) is 5.50. The normalized spacial score (nSPS) is 11.9. The monoisotopic (exact) mass is 253 g/mol. The van der Waals surface area contributed by atoms with Gasteiger partial charge < -0.3 is 10.6 Å². The van der Waals surface area contributed by atoms with Gasteiger partial charge in [-0.1, -0.05) is 0 Å². The van der Waals surface area contributed by atoms with Gasteiger partial charge in [-0.25, -0.2) is 13.8 Å². The van der Waals surface area contributed by atoms with E-state index in [1.54, 1.807) is 0 Å². The van der Waals surface area contributed by atoms with E-state index in [1.807, 2.05) is 18.7 Å². The molecule has 0 saturated carbocycles. The number of halogens is 2. The van der Waals surface area contributed by atoms with Crippen LogP contribution in [0.3, 0.4) is 0 Å². The highest BCUT2D eigenvalue weighted by molar-refractivity contribution is 7.98. The van der Waals surface area contributed by atoms with Crippen LogP contribution < -0.4 is 10.6 Å². The summed E-state index contributed by atoms with van der Waals surface area (Å²) in [5.41, 5.74) is 0. The van der Waals surface area contributed by atoms with Gasteiger partial charge in [-0.2, -0.15) is 11.8 Å². The molecule has 0 rings (SSSR count). The molecule has 6 heteroatoms. The predicted octanol–water partition coefficient (Wildman–Crippen LogP) is 1.95. The molecule has 0 aromatic carbocycles. The van der Waals surface area contributed by atoms with Crippen molar-refractivity contribution >= 4 is 17.7 Å². The highest BCUT2D eigenvalue weighted by Gasteiger charge is 2.01. The summed E-state index contributed by atoms with van der Waals surface area (Å²) < 4.78 is 23.9. The molecule has 0 aromatic rings. The topological polar surface area (TPSA) is 36.4 Å². The van der Waals surface area contributed by atoms with E-state index < -0.39 is 13.0 Å². The van der Waals surface area contributed by atoms with E-state index >= 15 is 0 Å². The smallest absolute Gasteiger partial charge is 0.257 e. The SMILES string of the molecule is CCNC(=NCC(F)F)NCCCCSC. The van der Waals surface area contributed by atoms with Crippen molar-refractivity contribution in [3.8, 4) is 0 Å². The highest BCUT2D eigenvalue weighted by Crippen LogP contribution is 1.97. The quantitative estimate of drug-likeness (QED) is 0.394. The van der Waals surface area contributed by atoms with Crippen molar-refractivity contribution in [2.45, 2.75) is 26.2 Å². The number of guanidine groups is 1. The third kappa shape index (κ3) is 10.0. The first-order valence-corrected chi connectivity index (χ1v) is 6.89. The van der Waals surface area contributed by atoms with E-state index in [0.717, 1.165) is 25.1 Å². The second kappa shape index (κ2) is 11.0. The van der Waals surface area contributed by atoms with Crippen LogP contribution in [0.25, 0.3) is 0 Å². The van der Waals surface area contributed by atoms with Gasteiger partial charge in [0, 0.05) is 13.1 Å². The van der Waals surface area contributed by atoms with Gasteiger partial charge in [0.25, 0.3) is 6.43 Å². The zero-order chi connectivity index (χ0) is 12.2. The summed E-state index contributed by atoms with van der Waals surface area (Å²) in [4.78, 5) is 3.77. The number of hydrogen-bond acceptors (Lipinski definition) is 2. The lowest BCUT2D eigenvalue weighted by Crippen LogP contribution is -2.38. The third-order valence-electron chi connectivity index (χ3n) is 1.80. The van der Waals surface area contributed by atoms with Gasteiger partial charge in [-0.3, -0.25) is 0 Å². The van der Waals surface area contributed by atoms with Crippen LogP contribution in [0.1, 0.15) is 19.8 Å². The van der Waals surface area contributed by atoms with Crippen molar-refractivity contribution < 1.29 is 8.78 Å². The summed E-state index contributed by atoms with van der Waals surface area (Å²) in [6.07, 6.45) is 1.84. The molecule has 16 heavy (non-hydrogen) atoms. The summed E-state index contributed by atoms with van der Waals surface area (Å²) in [5.74, 6) is 1.61. The Morgan fingerprint density at radius 3 is 2.62 bits per heavy atom. The number of nitrogens with zero attached hydrogens (tertiary/aromatic N) is 1. The first-order chi connectivity index (χ1) is 7.70. The minimum atomic E-state index is -2.38. The van der Waals surface area contributed by atoms with E-state index in [1.165, 1.54) is 0 Å². The molecule has 0 aliphatic heterocycles. The lowest BCUT2D eigenvalue weighted by atomic mass is 10.3. The molecule has 0 saturated heterocycles. The van der Waals surface area contributed by atoms with Crippen LogP contribution in [0.2, 0.25) is 0 Å². The zero-order valence-corrected chi connectivity index (χ0v) is 10.7. The van der Waals surface area contributed by atoms with E-state index in [2.05, 4.69) is 21.9 Å². The summed E-state index contributed by atoms with van der Waals surface area (Å²) in [6.45, 7) is 2.92. The van der Waals surface area contributed by atoms with Crippen LogP contribution in [-0.2, 0) is 0 Å². The molecule has 96 valence electrons. The van der Waals surface area contributed by atoms with Crippen molar-refractivity contribution in [1.29, 1.82) is 0 Å². The van der Waals surface area contributed by atoms with Gasteiger partial charge >= 0.3 is 0 Å². The second-order valence-electron chi connectivity index (χ2n) is 3.24. The molecular formula is C10H21F2N3S. The number of aliphatic imine (C=N–C) groups is 1. The Hall–Kier alpha value is -0.520. The largest absolute Gasteiger partial charge is 0.357 e. The van der Waals surface area contributed by atoms with Gasteiger partial charge in [-0.15, -0.1) is 0 Å². The summed E-state index contributed by atoms with van der Waals surface area (Å²) in [5, 5.41) is 5.96. The van der Waals surface area contributed by atoms with Crippen LogP contribution in [0.15, 0.2) is 4.99 Å². The molecular weight excluding hydrogens is 232 g/mol. The number of rotatable bonds is 8. The van der Waals surface area contributed by atoms with Crippen LogP contribution >= 0.6 is 11.8 Å². The first kappa shape index (κ1) is 15.5. The molecule has 2 N–H and O–H groups in total. The van der Waals surface area contributed by atoms with Crippen LogP contribution in [0.4, 0.5) is 8.78 Å². The maximum Gasteiger partial charge on any atom is 0.257 e. The number of alkyl halides is 2. The summed E-state index contributed by atoms with van der Waals surface area (Å²) in [6, 6.07) is 0. The molecule has 0 aromatic heterocycles. The molecule has 0 spiro atoms. The maximum atomic E-state index is 12.0. The molecule has 0 aliphatic rings. The summed E-state index contributed by atoms with van der Waals surface area (Å²) in [7, 11) is 0. The Bertz CT molecular complexity index is 189. The fourth-order valence-electron chi connectivity index (χ4n) is 1.08. The Balaban J connectivity index is 3.71. The molecule has 0 unspecified atom stereocenters. The number of unbranched alkanes of at least 4 members (excludes halogenated alkanes) is 1. The number of thioether (sulfide) groups is 1. The lowest BCUT2D eigenvalue weighted by molar-refractivity contribution is 0.158. The zero-order valence-electron chi connectivity index (χ0n) is 9.93. The van der Waals surface area contributed by atoms with Crippen molar-refractivity contribution in [3.05, 3.63) is 0 Å². The highest BCUT2D eigenvalue weighted by atomic mass is 32.2. The molecule has 0 atom stereocenters. The average molecular weight is 253 g/mol. The fourth-order valence-corrected chi connectivity index (χ4v) is 1.57. The lowest BCUT2D eigenvalue weighted by Gasteiger charge is -2.10. The van der Waals surface area contributed by atoms with Crippen LogP contribution in [-0.4, -0.2) is 44.0 Å². The maximum absolute atomic E-state index is 12.0. The molecule has 0 bridgehead atoms. The molecule has 0 aliphatic carbocycles. The van der Waals surface area contributed by atoms with Crippen LogP contribution in [0, 0.1) is 0 Å². The van der Waals surface area contributed by atoms with Crippen molar-refractivity contribution in [2.24, 2.45) is 4.99 Å². The Morgan fingerprint density at radius 2 is 2.06 bits per heavy atom. The van der Waals surface area contributed by atoms with Crippen LogP contribution in [0.5, 0.6) is 0 Å². The fraction of sp³-hybridized carbons (Fsp3) is 0.900. The van der Waals surface area contributed by atoms with Gasteiger partial charge in [-0.05, 0) is 31.8 Å². The van der Waals surface area contributed by atoms with Gasteiger partial charge in [0.15, 0.2) is 5.96 Å². The Morgan fingerprint density at radius 1 is 1.31 bits per heavy atom. The van der Waals surface area contributed by atoms with E-state index in [4.69, 9.17) is 0 Å². The molecule has 3 nitrogen and oxygen atoms in total. The molecule has 0 radical (unpaired) electrons. The van der Waals surface area contributed by atoms with Gasteiger partial charge in [0.1, 0.15) is 6.54 Å². The minimum absolute atomic E-state index is 0.444. The van der Waals surface area contributed by atoms with E-state index in [0.29, 0.717) is 12.5 Å². The van der Waals surface area contributed by atoms with E-state index in [9.17, 15) is 8.78 Å². The predicted molar refractivity (Wildman–Crippen MR) is 67.6 cm³/mol. The van der Waals surface area contributed by atoms with Gasteiger partial charge in [0.05, 0.1) is 0 Å². The minimum Gasteiger partial charge on any atom is -0.357 e. The van der Waals surface area contributed by atoms with Crippen molar-refractivity contribution in [3.63, 3.8) is 0 Å². The van der Waals surface area contributed by atoms with E-state index in [-0.39, 0.29) is 0 Å². The Labute approximate surface area is 100 Å². The molecule has 0 amide bonds. The average Bonchev–Trinajstić information content (AvgIpc) is 2.25. The second-order valence-corrected chi connectivity index (χ2v) is 4.22. The standard InChI is InChI=1S/C10H21F2N3S/c1-3-13-10(15-8-9(11)12)14-6-4-5-7-16-2/h9H,3-8H2,1-2H3,(H2,13,14,15). The Kier molecular flexibility index (Phi) is 10.6. The molecule has 0 heterocycles. The van der Waals surface area contributed by atoms with Crippen molar-refractivity contribution in [2.75, 3.05) is 31.6 Å². The summed E-state index contributed by atoms with van der Waals surface area (Å²) >= 11 is 1.81. The van der Waals surface area contributed by atoms with Crippen molar-refractivity contribution in [1.82, 2.24) is 10.6 Å². The number of nitrogens with one attached hydrogen (secondary N) is 2. The molecule has 0 fully saturated rings. The van der Waals surface area contributed by atoms with Gasteiger partial charge in [0.2, 0.25) is 0 Å². The third-order valence-corrected chi connectivity index (χ3v) is 2.50.